The number of aliphatic carboxylic acids is 1. The number of imide groups is 1. The molecular formula is C15H18NO4-. The van der Waals surface area contributed by atoms with Crippen molar-refractivity contribution in [3.63, 3.8) is 0 Å². The highest BCUT2D eigenvalue weighted by Crippen LogP contribution is 2.52. The van der Waals surface area contributed by atoms with E-state index in [1.807, 2.05) is 0 Å². The zero-order valence-electron chi connectivity index (χ0n) is 11.3. The summed E-state index contributed by atoms with van der Waals surface area (Å²) in [5, 5.41) is 10.3. The third kappa shape index (κ3) is 2.05. The van der Waals surface area contributed by atoms with Crippen LogP contribution in [0.25, 0.3) is 0 Å². The number of allylic oxidation sites excluding steroid dienone is 2. The van der Waals surface area contributed by atoms with Gasteiger partial charge in [-0.1, -0.05) is 18.6 Å². The summed E-state index contributed by atoms with van der Waals surface area (Å²) in [7, 11) is 0. The second-order valence-electron chi connectivity index (χ2n) is 6.01. The van der Waals surface area contributed by atoms with Gasteiger partial charge < -0.3 is 9.90 Å². The highest BCUT2D eigenvalue weighted by Gasteiger charge is 2.58. The summed E-state index contributed by atoms with van der Waals surface area (Å²) >= 11 is 0. The Morgan fingerprint density at radius 3 is 2.25 bits per heavy atom. The lowest BCUT2D eigenvalue weighted by Gasteiger charge is -2.17. The zero-order chi connectivity index (χ0) is 14.3. The van der Waals surface area contributed by atoms with Gasteiger partial charge in [-0.25, -0.2) is 0 Å². The molecule has 0 N–H and O–H groups in total. The van der Waals surface area contributed by atoms with Gasteiger partial charge in [0.05, 0.1) is 11.8 Å². The lowest BCUT2D eigenvalue weighted by Crippen LogP contribution is -2.33. The number of likely N-dealkylation sites (tertiary alicyclic amines) is 1. The molecular weight excluding hydrogens is 258 g/mol. The number of rotatable bonds is 6. The Bertz CT molecular complexity index is 454. The molecule has 2 fully saturated rings. The van der Waals surface area contributed by atoms with Gasteiger partial charge in [0.1, 0.15) is 0 Å². The summed E-state index contributed by atoms with van der Waals surface area (Å²) in [5.74, 6) is -0.820. The lowest BCUT2D eigenvalue weighted by molar-refractivity contribution is -0.305. The van der Waals surface area contributed by atoms with Crippen molar-refractivity contribution in [1.29, 1.82) is 0 Å². The number of nitrogens with zero attached hydrogens (tertiary/aromatic N) is 1. The fourth-order valence-electron chi connectivity index (χ4n) is 3.90. The molecule has 1 heterocycles. The molecule has 0 aromatic heterocycles. The molecule has 2 aliphatic carbocycles. The van der Waals surface area contributed by atoms with Crippen LogP contribution in [0.15, 0.2) is 12.2 Å². The maximum atomic E-state index is 12.3. The van der Waals surface area contributed by atoms with Crippen molar-refractivity contribution in [1.82, 2.24) is 4.90 Å². The van der Waals surface area contributed by atoms with Crippen LogP contribution in [0.3, 0.4) is 0 Å². The van der Waals surface area contributed by atoms with Crippen LogP contribution in [-0.4, -0.2) is 29.2 Å². The van der Waals surface area contributed by atoms with Gasteiger partial charge in [-0.05, 0) is 37.5 Å². The summed E-state index contributed by atoms with van der Waals surface area (Å²) in [6, 6.07) is 0. The fourth-order valence-corrected chi connectivity index (χ4v) is 3.90. The Hall–Kier alpha value is -1.65. The largest absolute Gasteiger partial charge is 0.550 e. The molecule has 108 valence electrons. The third-order valence-electron chi connectivity index (χ3n) is 4.82. The van der Waals surface area contributed by atoms with E-state index >= 15 is 0 Å². The molecule has 20 heavy (non-hydrogen) atoms. The highest BCUT2D eigenvalue weighted by molar-refractivity contribution is 6.06. The molecule has 1 saturated heterocycles. The molecule has 0 spiro atoms. The van der Waals surface area contributed by atoms with Gasteiger partial charge >= 0.3 is 0 Å². The normalized spacial score (nSPS) is 34.1. The minimum absolute atomic E-state index is 0.0169. The first-order chi connectivity index (χ1) is 9.59. The first-order valence-corrected chi connectivity index (χ1v) is 7.33. The zero-order valence-corrected chi connectivity index (χ0v) is 11.3. The van der Waals surface area contributed by atoms with E-state index in [1.165, 1.54) is 4.90 Å². The maximum Gasteiger partial charge on any atom is 0.233 e. The van der Waals surface area contributed by atoms with Gasteiger partial charge in [-0.15, -0.1) is 0 Å². The number of carbonyl (C=O) groups is 3. The average molecular weight is 276 g/mol. The van der Waals surface area contributed by atoms with Crippen molar-refractivity contribution < 1.29 is 19.5 Å². The van der Waals surface area contributed by atoms with E-state index in [9.17, 15) is 19.5 Å². The van der Waals surface area contributed by atoms with Gasteiger partial charge in [0, 0.05) is 12.5 Å². The second-order valence-corrected chi connectivity index (χ2v) is 6.01. The molecule has 3 aliphatic rings. The number of carboxylic acid groups (broad SMARTS) is 1. The number of amides is 2. The van der Waals surface area contributed by atoms with Crippen LogP contribution < -0.4 is 5.11 Å². The predicted molar refractivity (Wildman–Crippen MR) is 67.9 cm³/mol. The first kappa shape index (κ1) is 13.3. The standard InChI is InChI=1S/C15H19NO4/c17-11(18)4-2-1-3-7-16-14(19)12-9-5-6-10(8-9)13(12)15(16)20/h5-6,9-10,12-13H,1-4,7-8H2,(H,17,18)/p-1/t9-,10+,12-,13+. The predicted octanol–water partition coefficient (Wildman–Crippen LogP) is 0.104. The molecule has 1 saturated carbocycles. The van der Waals surface area contributed by atoms with Gasteiger partial charge in [0.2, 0.25) is 11.8 Å². The maximum absolute atomic E-state index is 12.3. The van der Waals surface area contributed by atoms with Crippen LogP contribution in [0.1, 0.15) is 32.1 Å². The quantitative estimate of drug-likeness (QED) is 0.392. The summed E-state index contributed by atoms with van der Waals surface area (Å²) in [5.41, 5.74) is 0. The fraction of sp³-hybridized carbons (Fsp3) is 0.667. The topological polar surface area (TPSA) is 77.5 Å². The van der Waals surface area contributed by atoms with E-state index in [-0.39, 0.29) is 41.9 Å². The van der Waals surface area contributed by atoms with Crippen LogP contribution in [-0.2, 0) is 14.4 Å². The van der Waals surface area contributed by atoms with Crippen molar-refractivity contribution in [2.45, 2.75) is 32.1 Å². The van der Waals surface area contributed by atoms with Gasteiger partial charge in [-0.2, -0.15) is 0 Å². The number of fused-ring (bicyclic) bond motifs is 5. The Labute approximate surface area is 117 Å². The van der Waals surface area contributed by atoms with Crippen molar-refractivity contribution in [3.8, 4) is 0 Å². The molecule has 2 bridgehead atoms. The van der Waals surface area contributed by atoms with E-state index in [0.717, 1.165) is 6.42 Å². The Balaban J connectivity index is 1.53. The van der Waals surface area contributed by atoms with Crippen molar-refractivity contribution in [2.75, 3.05) is 6.54 Å². The van der Waals surface area contributed by atoms with E-state index < -0.39 is 5.97 Å². The molecule has 5 heteroatoms. The van der Waals surface area contributed by atoms with Crippen molar-refractivity contribution in [2.24, 2.45) is 23.7 Å². The number of carboxylic acids is 1. The number of carbonyl (C=O) groups excluding carboxylic acids is 3. The Kier molecular flexibility index (Phi) is 3.36. The molecule has 0 radical (unpaired) electrons. The molecule has 1 aliphatic heterocycles. The highest BCUT2D eigenvalue weighted by atomic mass is 16.4. The van der Waals surface area contributed by atoms with Crippen LogP contribution in [0.5, 0.6) is 0 Å². The summed E-state index contributed by atoms with van der Waals surface area (Å²) < 4.78 is 0. The van der Waals surface area contributed by atoms with Gasteiger partial charge in [0.25, 0.3) is 0 Å². The minimum atomic E-state index is -1.05. The third-order valence-corrected chi connectivity index (χ3v) is 4.82. The number of hydrogen-bond acceptors (Lipinski definition) is 4. The van der Waals surface area contributed by atoms with Crippen LogP contribution in [0.4, 0.5) is 0 Å². The van der Waals surface area contributed by atoms with Crippen molar-refractivity contribution >= 4 is 17.8 Å². The summed E-state index contributed by atoms with van der Waals surface area (Å²) in [4.78, 5) is 36.4. The molecule has 3 rings (SSSR count). The van der Waals surface area contributed by atoms with E-state index in [0.29, 0.717) is 25.8 Å². The summed E-state index contributed by atoms with van der Waals surface area (Å²) in [6.07, 6.45) is 7.07. The average Bonchev–Trinajstić information content (AvgIpc) is 3.06. The summed E-state index contributed by atoms with van der Waals surface area (Å²) in [6.45, 7) is 0.428. The van der Waals surface area contributed by atoms with Crippen LogP contribution >= 0.6 is 0 Å². The van der Waals surface area contributed by atoms with Crippen molar-refractivity contribution in [3.05, 3.63) is 12.2 Å². The van der Waals surface area contributed by atoms with Crippen LogP contribution in [0.2, 0.25) is 0 Å². The Morgan fingerprint density at radius 2 is 1.70 bits per heavy atom. The molecule has 2 amide bonds. The molecule has 0 unspecified atom stereocenters. The number of hydrogen-bond donors (Lipinski definition) is 0. The van der Waals surface area contributed by atoms with E-state index in [2.05, 4.69) is 12.2 Å². The molecule has 0 aromatic rings. The van der Waals surface area contributed by atoms with Gasteiger partial charge in [0.15, 0.2) is 0 Å². The van der Waals surface area contributed by atoms with E-state index in [1.54, 1.807) is 0 Å². The van der Waals surface area contributed by atoms with Gasteiger partial charge in [-0.3, -0.25) is 14.5 Å². The lowest BCUT2D eigenvalue weighted by atomic mass is 9.85. The molecule has 0 aromatic carbocycles. The first-order valence-electron chi connectivity index (χ1n) is 7.33. The molecule has 4 atom stereocenters. The van der Waals surface area contributed by atoms with Crippen LogP contribution in [0, 0.1) is 23.7 Å². The minimum Gasteiger partial charge on any atom is -0.550 e. The van der Waals surface area contributed by atoms with E-state index in [4.69, 9.17) is 0 Å². The SMILES string of the molecule is O=C([O-])CCCCCN1C(=O)[C@@H]2[C@H](C1=O)[C@@H]1C=C[C@H]2C1. The number of unbranched alkanes of at least 4 members (excludes halogenated alkanes) is 2. The molecule has 5 nitrogen and oxygen atoms in total. The Morgan fingerprint density at radius 1 is 1.10 bits per heavy atom. The second kappa shape index (κ2) is 5.04. The smallest absolute Gasteiger partial charge is 0.233 e. The monoisotopic (exact) mass is 276 g/mol.